The molecule has 0 saturated heterocycles. The van der Waals surface area contributed by atoms with Gasteiger partial charge in [0.2, 0.25) is 17.6 Å². The maximum Gasteiger partial charge on any atom is 0.394 e. The molecule has 0 aliphatic carbocycles. The quantitative estimate of drug-likeness (QED) is 0.539. The Morgan fingerprint density at radius 3 is 2.42 bits per heavy atom. The first kappa shape index (κ1) is 22.2. The van der Waals surface area contributed by atoms with Crippen molar-refractivity contribution in [2.24, 2.45) is 5.73 Å². The van der Waals surface area contributed by atoms with E-state index in [-0.39, 0.29) is 23.9 Å². The number of rotatable bonds is 8. The first-order valence-corrected chi connectivity index (χ1v) is 9.34. The Balaban J connectivity index is 1.78. The van der Waals surface area contributed by atoms with Gasteiger partial charge in [-0.2, -0.15) is 13.8 Å². The molecule has 0 radical (unpaired) electrons. The molecule has 0 fully saturated rings. The number of nitrogens with one attached hydrogen (secondary N) is 1. The standard InChI is InChI=1S/C20H17ClF2N4O4/c1-20(22,23)30-14-8-4-11(5-9-14)17-26-19(31-27-17)15(10-16(24)28)25-18(29)12-2-6-13(21)7-3-12/h2-9,15H,10H2,1H3,(H2,24,28)(H,25,29)/t15-/m0/s1. The van der Waals surface area contributed by atoms with Crippen LogP contribution in [0.4, 0.5) is 8.78 Å². The fourth-order valence-corrected chi connectivity index (χ4v) is 2.74. The summed E-state index contributed by atoms with van der Waals surface area (Å²) >= 11 is 5.82. The van der Waals surface area contributed by atoms with Crippen molar-refractivity contribution in [3.8, 4) is 17.1 Å². The van der Waals surface area contributed by atoms with Gasteiger partial charge in [0, 0.05) is 23.1 Å². The van der Waals surface area contributed by atoms with Crippen LogP contribution in [0.5, 0.6) is 5.75 Å². The number of hydrogen-bond acceptors (Lipinski definition) is 6. The number of carbonyl (C=O) groups is 2. The molecule has 3 aromatic rings. The number of halogens is 3. The monoisotopic (exact) mass is 450 g/mol. The second-order valence-corrected chi connectivity index (χ2v) is 7.03. The number of carbonyl (C=O) groups excluding carboxylic acids is 2. The molecule has 0 unspecified atom stereocenters. The molecule has 3 N–H and O–H groups in total. The predicted octanol–water partition coefficient (Wildman–Crippen LogP) is 3.73. The van der Waals surface area contributed by atoms with E-state index in [4.69, 9.17) is 21.9 Å². The van der Waals surface area contributed by atoms with E-state index in [0.717, 1.165) is 0 Å². The molecule has 3 rings (SSSR count). The fourth-order valence-electron chi connectivity index (χ4n) is 2.62. The molecule has 2 amide bonds. The maximum absolute atomic E-state index is 12.9. The van der Waals surface area contributed by atoms with Gasteiger partial charge in [0.15, 0.2) is 0 Å². The Morgan fingerprint density at radius 2 is 1.84 bits per heavy atom. The van der Waals surface area contributed by atoms with Crippen LogP contribution in [0.1, 0.15) is 35.6 Å². The first-order chi connectivity index (χ1) is 14.6. The molecular weight excluding hydrogens is 434 g/mol. The number of ether oxygens (including phenoxy) is 1. The fraction of sp³-hybridized carbons (Fsp3) is 0.200. The van der Waals surface area contributed by atoms with E-state index in [1.807, 2.05) is 0 Å². The third-order valence-electron chi connectivity index (χ3n) is 3.97. The molecule has 8 nitrogen and oxygen atoms in total. The van der Waals surface area contributed by atoms with E-state index in [2.05, 4.69) is 20.2 Å². The van der Waals surface area contributed by atoms with Crippen molar-refractivity contribution < 1.29 is 27.6 Å². The molecule has 1 aromatic heterocycles. The maximum atomic E-state index is 12.9. The number of benzene rings is 2. The average Bonchev–Trinajstić information content (AvgIpc) is 3.17. The van der Waals surface area contributed by atoms with E-state index >= 15 is 0 Å². The zero-order valence-electron chi connectivity index (χ0n) is 16.1. The van der Waals surface area contributed by atoms with Crippen molar-refractivity contribution >= 4 is 23.4 Å². The molecule has 11 heteroatoms. The van der Waals surface area contributed by atoms with E-state index in [9.17, 15) is 18.4 Å². The average molecular weight is 451 g/mol. The highest BCUT2D eigenvalue weighted by Gasteiger charge is 2.25. The van der Waals surface area contributed by atoms with Crippen LogP contribution in [0.25, 0.3) is 11.4 Å². The SMILES string of the molecule is CC(F)(F)Oc1ccc(-c2noc([C@H](CC(N)=O)NC(=O)c3ccc(Cl)cc3)n2)cc1. The molecule has 1 heterocycles. The van der Waals surface area contributed by atoms with Gasteiger partial charge in [-0.15, -0.1) is 0 Å². The van der Waals surface area contributed by atoms with Crippen LogP contribution in [-0.4, -0.2) is 28.1 Å². The number of aromatic nitrogens is 2. The van der Waals surface area contributed by atoms with Crippen molar-refractivity contribution in [3.05, 3.63) is 65.0 Å². The zero-order valence-corrected chi connectivity index (χ0v) is 16.9. The summed E-state index contributed by atoms with van der Waals surface area (Å²) in [6.07, 6.45) is -3.59. The number of nitrogens with two attached hydrogens (primary N) is 1. The van der Waals surface area contributed by atoms with Crippen molar-refractivity contribution in [2.75, 3.05) is 0 Å². The van der Waals surface area contributed by atoms with Crippen LogP contribution in [0, 0.1) is 0 Å². The van der Waals surface area contributed by atoms with Crippen LogP contribution < -0.4 is 15.8 Å². The lowest BCUT2D eigenvalue weighted by atomic mass is 10.1. The molecule has 0 aliphatic rings. The Hall–Kier alpha value is -3.53. The molecule has 0 aliphatic heterocycles. The Bertz CT molecular complexity index is 1070. The predicted molar refractivity (Wildman–Crippen MR) is 106 cm³/mol. The van der Waals surface area contributed by atoms with Gasteiger partial charge in [-0.05, 0) is 48.5 Å². The summed E-state index contributed by atoms with van der Waals surface area (Å²) in [4.78, 5) is 28.1. The van der Waals surface area contributed by atoms with Crippen LogP contribution in [0.3, 0.4) is 0 Å². The molecule has 0 bridgehead atoms. The number of primary amides is 1. The summed E-state index contributed by atoms with van der Waals surface area (Å²) in [5.41, 5.74) is 6.03. The number of nitrogens with zero attached hydrogens (tertiary/aromatic N) is 2. The first-order valence-electron chi connectivity index (χ1n) is 8.96. The molecule has 31 heavy (non-hydrogen) atoms. The molecular formula is C20H17ClF2N4O4. The van der Waals surface area contributed by atoms with E-state index in [1.54, 1.807) is 12.1 Å². The van der Waals surface area contributed by atoms with Crippen LogP contribution >= 0.6 is 11.6 Å². The highest BCUT2D eigenvalue weighted by molar-refractivity contribution is 6.30. The van der Waals surface area contributed by atoms with Gasteiger partial charge in [0.05, 0.1) is 6.42 Å². The third kappa shape index (κ3) is 6.22. The second-order valence-electron chi connectivity index (χ2n) is 6.59. The normalized spacial score (nSPS) is 12.3. The van der Waals surface area contributed by atoms with E-state index in [1.165, 1.54) is 36.4 Å². The van der Waals surface area contributed by atoms with Crippen molar-refractivity contribution in [1.29, 1.82) is 0 Å². The van der Waals surface area contributed by atoms with Gasteiger partial charge in [-0.25, -0.2) is 0 Å². The van der Waals surface area contributed by atoms with Gasteiger partial charge in [0.1, 0.15) is 11.8 Å². The summed E-state index contributed by atoms with van der Waals surface area (Å²) in [7, 11) is 0. The van der Waals surface area contributed by atoms with Gasteiger partial charge in [-0.3, -0.25) is 9.59 Å². The number of hydrogen-bond donors (Lipinski definition) is 2. The van der Waals surface area contributed by atoms with Crippen molar-refractivity contribution in [2.45, 2.75) is 25.5 Å². The highest BCUT2D eigenvalue weighted by atomic mass is 35.5. The minimum absolute atomic E-state index is 0.0400. The number of amides is 2. The summed E-state index contributed by atoms with van der Waals surface area (Å²) < 4.78 is 35.5. The van der Waals surface area contributed by atoms with Gasteiger partial charge < -0.3 is 20.3 Å². The Labute approximate surface area is 180 Å². The topological polar surface area (TPSA) is 120 Å². The van der Waals surface area contributed by atoms with Crippen LogP contribution in [-0.2, 0) is 4.79 Å². The lowest BCUT2D eigenvalue weighted by Gasteiger charge is -2.13. The zero-order chi connectivity index (χ0) is 22.6. The van der Waals surface area contributed by atoms with Crippen LogP contribution in [0.15, 0.2) is 53.1 Å². The second kappa shape index (κ2) is 9.09. The molecule has 162 valence electrons. The minimum Gasteiger partial charge on any atom is -0.433 e. The van der Waals surface area contributed by atoms with Crippen molar-refractivity contribution in [3.63, 3.8) is 0 Å². The highest BCUT2D eigenvalue weighted by Crippen LogP contribution is 2.26. The van der Waals surface area contributed by atoms with Crippen molar-refractivity contribution in [1.82, 2.24) is 15.5 Å². The Kier molecular flexibility index (Phi) is 6.50. The smallest absolute Gasteiger partial charge is 0.394 e. The Morgan fingerprint density at radius 1 is 1.19 bits per heavy atom. The summed E-state index contributed by atoms with van der Waals surface area (Å²) in [6.45, 7) is 0.629. The van der Waals surface area contributed by atoms with Crippen LogP contribution in [0.2, 0.25) is 5.02 Å². The largest absolute Gasteiger partial charge is 0.433 e. The van der Waals surface area contributed by atoms with E-state index < -0.39 is 24.0 Å². The molecule has 1 atom stereocenters. The number of alkyl halides is 2. The third-order valence-corrected chi connectivity index (χ3v) is 4.22. The summed E-state index contributed by atoms with van der Waals surface area (Å²) in [5.74, 6) is -1.15. The van der Waals surface area contributed by atoms with Gasteiger partial charge in [0.25, 0.3) is 5.91 Å². The van der Waals surface area contributed by atoms with Gasteiger partial charge >= 0.3 is 6.11 Å². The minimum atomic E-state index is -3.31. The summed E-state index contributed by atoms with van der Waals surface area (Å²) in [5, 5.41) is 6.90. The van der Waals surface area contributed by atoms with E-state index in [0.29, 0.717) is 23.1 Å². The molecule has 2 aromatic carbocycles. The molecule has 0 saturated carbocycles. The van der Waals surface area contributed by atoms with Gasteiger partial charge in [-0.1, -0.05) is 16.8 Å². The lowest BCUT2D eigenvalue weighted by molar-refractivity contribution is -0.158. The summed E-state index contributed by atoms with van der Waals surface area (Å²) in [6, 6.07) is 10.7. The molecule has 0 spiro atoms. The lowest BCUT2D eigenvalue weighted by Crippen LogP contribution is -2.32.